The topological polar surface area (TPSA) is 78.1 Å². The maximum atomic E-state index is 11.6. The van der Waals surface area contributed by atoms with Crippen molar-refractivity contribution in [3.63, 3.8) is 0 Å². The van der Waals surface area contributed by atoms with E-state index in [1.165, 1.54) is 7.11 Å². The highest BCUT2D eigenvalue weighted by Gasteiger charge is 2.30. The van der Waals surface area contributed by atoms with Crippen LogP contribution in [-0.2, 0) is 16.0 Å². The van der Waals surface area contributed by atoms with Gasteiger partial charge in [0.05, 0.1) is 30.2 Å². The summed E-state index contributed by atoms with van der Waals surface area (Å²) in [5.41, 5.74) is 0.991. The van der Waals surface area contributed by atoms with Gasteiger partial charge in [-0.25, -0.2) is 4.98 Å². The van der Waals surface area contributed by atoms with Gasteiger partial charge in [-0.05, 0) is 25.7 Å². The molecule has 0 spiro atoms. The van der Waals surface area contributed by atoms with Crippen molar-refractivity contribution in [3.05, 3.63) is 27.8 Å². The van der Waals surface area contributed by atoms with Crippen LogP contribution >= 0.6 is 11.3 Å². The van der Waals surface area contributed by atoms with Gasteiger partial charge in [-0.15, -0.1) is 11.3 Å². The average Bonchev–Trinajstić information content (AvgIpc) is 3.24. The Morgan fingerprint density at radius 2 is 2.08 bits per heavy atom. The molecule has 0 bridgehead atoms. The van der Waals surface area contributed by atoms with Gasteiger partial charge in [0, 0.05) is 17.2 Å². The Hall–Kier alpha value is -1.76. The lowest BCUT2D eigenvalue weighted by atomic mass is 9.82. The van der Waals surface area contributed by atoms with Crippen molar-refractivity contribution in [2.75, 3.05) is 7.11 Å². The first-order valence-corrected chi connectivity index (χ1v) is 9.29. The summed E-state index contributed by atoms with van der Waals surface area (Å²) in [6.07, 6.45) is 4.01. The molecule has 1 aliphatic rings. The SMILES string of the molecule is COC(=O)C1CCC(c2nc(Cc3csc(C(C)C)n3)no2)CC1. The maximum absolute atomic E-state index is 11.6. The van der Waals surface area contributed by atoms with Gasteiger partial charge in [-0.2, -0.15) is 4.98 Å². The van der Waals surface area contributed by atoms with Crippen LogP contribution in [0.4, 0.5) is 0 Å². The molecular formula is C17H23N3O3S. The Morgan fingerprint density at radius 1 is 1.33 bits per heavy atom. The summed E-state index contributed by atoms with van der Waals surface area (Å²) >= 11 is 1.68. The predicted molar refractivity (Wildman–Crippen MR) is 90.0 cm³/mol. The van der Waals surface area contributed by atoms with Gasteiger partial charge in [0.1, 0.15) is 0 Å². The lowest BCUT2D eigenvalue weighted by Gasteiger charge is -2.24. The largest absolute Gasteiger partial charge is 0.469 e. The van der Waals surface area contributed by atoms with Crippen molar-refractivity contribution in [2.45, 2.75) is 57.8 Å². The number of hydrogen-bond donors (Lipinski definition) is 0. The van der Waals surface area contributed by atoms with E-state index in [2.05, 4.69) is 34.4 Å². The second-order valence-electron chi connectivity index (χ2n) is 6.63. The molecule has 24 heavy (non-hydrogen) atoms. The van der Waals surface area contributed by atoms with Gasteiger partial charge in [0.15, 0.2) is 5.82 Å². The number of hydrogen-bond acceptors (Lipinski definition) is 7. The second-order valence-corrected chi connectivity index (χ2v) is 7.52. The smallest absolute Gasteiger partial charge is 0.308 e. The molecule has 0 amide bonds. The molecule has 1 fully saturated rings. The molecule has 2 aromatic heterocycles. The number of ether oxygens (including phenoxy) is 1. The van der Waals surface area contributed by atoms with E-state index < -0.39 is 0 Å². The number of rotatable bonds is 5. The van der Waals surface area contributed by atoms with Crippen LogP contribution in [0, 0.1) is 5.92 Å². The summed E-state index contributed by atoms with van der Waals surface area (Å²) < 4.78 is 10.3. The first-order valence-electron chi connectivity index (χ1n) is 8.41. The van der Waals surface area contributed by atoms with E-state index in [9.17, 15) is 4.79 Å². The van der Waals surface area contributed by atoms with Crippen molar-refractivity contribution < 1.29 is 14.1 Å². The summed E-state index contributed by atoms with van der Waals surface area (Å²) in [4.78, 5) is 20.7. The highest BCUT2D eigenvalue weighted by Crippen LogP contribution is 2.35. The average molecular weight is 349 g/mol. The van der Waals surface area contributed by atoms with Crippen molar-refractivity contribution >= 4 is 17.3 Å². The van der Waals surface area contributed by atoms with Crippen molar-refractivity contribution in [3.8, 4) is 0 Å². The van der Waals surface area contributed by atoms with Gasteiger partial charge in [0.2, 0.25) is 5.89 Å². The Balaban J connectivity index is 1.58. The quantitative estimate of drug-likeness (QED) is 0.766. The van der Waals surface area contributed by atoms with Crippen LogP contribution in [0.15, 0.2) is 9.90 Å². The zero-order valence-electron chi connectivity index (χ0n) is 14.3. The van der Waals surface area contributed by atoms with E-state index in [0.717, 1.165) is 36.4 Å². The van der Waals surface area contributed by atoms with Gasteiger partial charge >= 0.3 is 5.97 Å². The lowest BCUT2D eigenvalue weighted by Crippen LogP contribution is -2.22. The minimum absolute atomic E-state index is 0.0121. The van der Waals surface area contributed by atoms with Crippen molar-refractivity contribution in [1.82, 2.24) is 15.1 Å². The van der Waals surface area contributed by atoms with Crippen LogP contribution in [0.1, 0.15) is 73.8 Å². The molecule has 0 saturated heterocycles. The standard InChI is InChI=1S/C17H23N3O3S/c1-10(2)16-18-13(9-24-16)8-14-19-15(23-20-14)11-4-6-12(7-5-11)17(21)22-3/h9-12H,4-8H2,1-3H3. The Labute approximate surface area is 145 Å². The van der Waals surface area contributed by atoms with Crippen LogP contribution in [0.25, 0.3) is 0 Å². The fourth-order valence-corrected chi connectivity index (χ4v) is 3.91. The third-order valence-electron chi connectivity index (χ3n) is 4.50. The van der Waals surface area contributed by atoms with Gasteiger partial charge < -0.3 is 9.26 Å². The van der Waals surface area contributed by atoms with Crippen LogP contribution in [-0.4, -0.2) is 28.2 Å². The third-order valence-corrected chi connectivity index (χ3v) is 5.69. The van der Waals surface area contributed by atoms with Gasteiger partial charge in [0.25, 0.3) is 0 Å². The molecule has 3 rings (SSSR count). The summed E-state index contributed by atoms with van der Waals surface area (Å²) in [5.74, 6) is 1.96. The molecule has 0 N–H and O–H groups in total. The lowest BCUT2D eigenvalue weighted by molar-refractivity contribution is -0.146. The highest BCUT2D eigenvalue weighted by molar-refractivity contribution is 7.09. The molecule has 1 saturated carbocycles. The van der Waals surface area contributed by atoms with Crippen LogP contribution in [0.5, 0.6) is 0 Å². The third kappa shape index (κ3) is 3.83. The van der Waals surface area contributed by atoms with Crippen molar-refractivity contribution in [1.29, 1.82) is 0 Å². The van der Waals surface area contributed by atoms with Crippen LogP contribution < -0.4 is 0 Å². The maximum Gasteiger partial charge on any atom is 0.308 e. The number of carbonyl (C=O) groups excluding carboxylic acids is 1. The molecule has 0 unspecified atom stereocenters. The monoisotopic (exact) mass is 349 g/mol. The molecule has 0 aliphatic heterocycles. The summed E-state index contributed by atoms with van der Waals surface area (Å²) in [5, 5.41) is 7.29. The molecule has 1 aliphatic carbocycles. The Kier molecular flexibility index (Phi) is 5.28. The highest BCUT2D eigenvalue weighted by atomic mass is 32.1. The molecule has 0 aromatic carbocycles. The first-order chi connectivity index (χ1) is 11.6. The van der Waals surface area contributed by atoms with E-state index >= 15 is 0 Å². The van der Waals surface area contributed by atoms with Gasteiger partial charge in [-0.1, -0.05) is 19.0 Å². The normalized spacial score (nSPS) is 21.2. The Bertz CT molecular complexity index is 687. The molecule has 0 atom stereocenters. The zero-order chi connectivity index (χ0) is 17.1. The minimum atomic E-state index is -0.107. The van der Waals surface area contributed by atoms with E-state index in [1.54, 1.807) is 11.3 Å². The van der Waals surface area contributed by atoms with Crippen LogP contribution in [0.3, 0.4) is 0 Å². The van der Waals surface area contributed by atoms with E-state index in [-0.39, 0.29) is 17.8 Å². The molecular weight excluding hydrogens is 326 g/mol. The first kappa shape index (κ1) is 17.1. The van der Waals surface area contributed by atoms with Crippen molar-refractivity contribution in [2.24, 2.45) is 5.92 Å². The van der Waals surface area contributed by atoms with E-state index in [4.69, 9.17) is 9.26 Å². The summed E-state index contributed by atoms with van der Waals surface area (Å²) in [6, 6.07) is 0. The number of esters is 1. The number of nitrogens with zero attached hydrogens (tertiary/aromatic N) is 3. The van der Waals surface area contributed by atoms with E-state index in [1.807, 2.05) is 0 Å². The fourth-order valence-electron chi connectivity index (χ4n) is 3.08. The number of carbonyl (C=O) groups is 1. The molecule has 6 nitrogen and oxygen atoms in total. The molecule has 7 heteroatoms. The number of methoxy groups -OCH3 is 1. The zero-order valence-corrected chi connectivity index (χ0v) is 15.1. The Morgan fingerprint density at radius 3 is 2.71 bits per heavy atom. The molecule has 130 valence electrons. The number of thiazole rings is 1. The van der Waals surface area contributed by atoms with Crippen LogP contribution in [0.2, 0.25) is 0 Å². The summed E-state index contributed by atoms with van der Waals surface area (Å²) in [6.45, 7) is 4.28. The molecule has 2 aromatic rings. The minimum Gasteiger partial charge on any atom is -0.469 e. The second kappa shape index (κ2) is 7.42. The predicted octanol–water partition coefficient (Wildman–Crippen LogP) is 3.69. The molecule has 0 radical (unpaired) electrons. The van der Waals surface area contributed by atoms with Gasteiger partial charge in [-0.3, -0.25) is 4.79 Å². The number of aromatic nitrogens is 3. The van der Waals surface area contributed by atoms with E-state index in [0.29, 0.717) is 24.1 Å². The summed E-state index contributed by atoms with van der Waals surface area (Å²) in [7, 11) is 1.45. The molecule has 2 heterocycles. The fraction of sp³-hybridized carbons (Fsp3) is 0.647.